The van der Waals surface area contributed by atoms with Gasteiger partial charge in [0.25, 0.3) is 5.91 Å². The normalized spacial score (nSPS) is 19.2. The van der Waals surface area contributed by atoms with Gasteiger partial charge < -0.3 is 20.1 Å². The Labute approximate surface area is 167 Å². The molecule has 1 unspecified atom stereocenters. The standard InChI is InChI=1S/C21H33N5O2/c1-21(2,3)17(20(28)22-4)24-19(27)16-15-13-25(5)11-8-12-26(15)18(23-16)14-9-6-7-10-14/h6-7,14,17H,8-13H2,1-5H3,(H,22,28)(H,24,27). The molecule has 7 heteroatoms. The molecule has 0 saturated carbocycles. The van der Waals surface area contributed by atoms with Gasteiger partial charge in [0.1, 0.15) is 11.9 Å². The van der Waals surface area contributed by atoms with E-state index < -0.39 is 11.5 Å². The van der Waals surface area contributed by atoms with E-state index in [0.29, 0.717) is 18.2 Å². The number of carbonyl (C=O) groups excluding carboxylic acids is 2. The first kappa shape index (κ1) is 20.6. The van der Waals surface area contributed by atoms with Crippen molar-refractivity contribution in [1.29, 1.82) is 0 Å². The molecule has 2 N–H and O–H groups in total. The average molecular weight is 388 g/mol. The number of allylic oxidation sites excluding steroid dienone is 2. The SMILES string of the molecule is CNC(=O)C(NC(=O)c1nc(C2CC=CC2)n2c1CN(C)CCC2)C(C)(C)C. The van der Waals surface area contributed by atoms with Gasteiger partial charge in [0, 0.05) is 26.1 Å². The van der Waals surface area contributed by atoms with Crippen LogP contribution in [0.3, 0.4) is 0 Å². The third kappa shape index (κ3) is 4.14. The maximum Gasteiger partial charge on any atom is 0.272 e. The first-order valence-corrected chi connectivity index (χ1v) is 10.2. The van der Waals surface area contributed by atoms with E-state index in [0.717, 1.165) is 43.9 Å². The highest BCUT2D eigenvalue weighted by Crippen LogP contribution is 2.32. The molecule has 0 aromatic carbocycles. The lowest BCUT2D eigenvalue weighted by Gasteiger charge is -2.29. The first-order valence-electron chi connectivity index (χ1n) is 10.2. The van der Waals surface area contributed by atoms with Gasteiger partial charge in [-0.2, -0.15) is 0 Å². The van der Waals surface area contributed by atoms with E-state index in [1.807, 2.05) is 20.8 Å². The Balaban J connectivity index is 1.96. The van der Waals surface area contributed by atoms with Crippen LogP contribution in [0.5, 0.6) is 0 Å². The van der Waals surface area contributed by atoms with Crippen LogP contribution in [-0.4, -0.2) is 52.9 Å². The smallest absolute Gasteiger partial charge is 0.272 e. The van der Waals surface area contributed by atoms with Crippen LogP contribution in [-0.2, 0) is 17.9 Å². The number of likely N-dealkylation sites (N-methyl/N-ethyl adjacent to an activating group) is 1. The zero-order valence-corrected chi connectivity index (χ0v) is 17.7. The van der Waals surface area contributed by atoms with Gasteiger partial charge >= 0.3 is 0 Å². The van der Waals surface area contributed by atoms with Gasteiger partial charge in [-0.05, 0) is 38.3 Å². The van der Waals surface area contributed by atoms with Gasteiger partial charge in [-0.15, -0.1) is 0 Å². The Morgan fingerprint density at radius 3 is 2.50 bits per heavy atom. The molecule has 154 valence electrons. The van der Waals surface area contributed by atoms with E-state index in [9.17, 15) is 9.59 Å². The zero-order chi connectivity index (χ0) is 20.5. The van der Waals surface area contributed by atoms with Crippen molar-refractivity contribution in [3.63, 3.8) is 0 Å². The van der Waals surface area contributed by atoms with Gasteiger partial charge in [-0.1, -0.05) is 32.9 Å². The fraction of sp³-hybridized carbons (Fsp3) is 0.667. The van der Waals surface area contributed by atoms with Gasteiger partial charge in [0.2, 0.25) is 5.91 Å². The maximum absolute atomic E-state index is 13.2. The third-order valence-electron chi connectivity index (χ3n) is 5.68. The van der Waals surface area contributed by atoms with Crippen molar-refractivity contribution < 1.29 is 9.59 Å². The minimum absolute atomic E-state index is 0.191. The van der Waals surface area contributed by atoms with Crippen molar-refractivity contribution in [2.24, 2.45) is 5.41 Å². The molecule has 3 rings (SSSR count). The van der Waals surface area contributed by atoms with E-state index in [-0.39, 0.29) is 11.8 Å². The van der Waals surface area contributed by atoms with Gasteiger partial charge in [-0.25, -0.2) is 4.98 Å². The largest absolute Gasteiger partial charge is 0.357 e. The number of nitrogens with zero attached hydrogens (tertiary/aromatic N) is 3. The van der Waals surface area contributed by atoms with Gasteiger partial charge in [0.05, 0.1) is 5.69 Å². The van der Waals surface area contributed by atoms with Crippen LogP contribution >= 0.6 is 0 Å². The Morgan fingerprint density at radius 1 is 1.21 bits per heavy atom. The van der Waals surface area contributed by atoms with Crippen molar-refractivity contribution in [2.75, 3.05) is 20.6 Å². The van der Waals surface area contributed by atoms with Crippen LogP contribution in [0.25, 0.3) is 0 Å². The summed E-state index contributed by atoms with van der Waals surface area (Å²) in [5.74, 6) is 0.886. The molecule has 28 heavy (non-hydrogen) atoms. The Morgan fingerprint density at radius 2 is 1.89 bits per heavy atom. The topological polar surface area (TPSA) is 79.3 Å². The van der Waals surface area contributed by atoms with Crippen LogP contribution in [0.1, 0.15) is 68.0 Å². The predicted molar refractivity (Wildman–Crippen MR) is 109 cm³/mol. The molecule has 1 aromatic heterocycles. The van der Waals surface area contributed by atoms with E-state index in [1.54, 1.807) is 7.05 Å². The minimum Gasteiger partial charge on any atom is -0.357 e. The Bertz CT molecular complexity index is 766. The molecular formula is C21H33N5O2. The van der Waals surface area contributed by atoms with Gasteiger partial charge in [0.15, 0.2) is 5.69 Å². The molecule has 1 aliphatic heterocycles. The molecule has 1 aliphatic carbocycles. The van der Waals surface area contributed by atoms with E-state index in [1.165, 1.54) is 0 Å². The number of imidazole rings is 1. The highest BCUT2D eigenvalue weighted by Gasteiger charge is 2.35. The number of aromatic nitrogens is 2. The number of hydrogen-bond donors (Lipinski definition) is 2. The molecule has 1 atom stereocenters. The fourth-order valence-electron chi connectivity index (χ4n) is 4.09. The molecule has 7 nitrogen and oxygen atoms in total. The van der Waals surface area contributed by atoms with E-state index >= 15 is 0 Å². The molecule has 0 saturated heterocycles. The van der Waals surface area contributed by atoms with Crippen LogP contribution in [0.2, 0.25) is 0 Å². The molecule has 0 fully saturated rings. The number of amides is 2. The second-order valence-corrected chi connectivity index (χ2v) is 9.03. The third-order valence-corrected chi connectivity index (χ3v) is 5.68. The summed E-state index contributed by atoms with van der Waals surface area (Å²) in [6, 6.07) is -0.623. The van der Waals surface area contributed by atoms with Crippen LogP contribution in [0.4, 0.5) is 0 Å². The molecule has 2 amide bonds. The zero-order valence-electron chi connectivity index (χ0n) is 17.7. The van der Waals surface area contributed by atoms with Gasteiger partial charge in [-0.3, -0.25) is 9.59 Å². The summed E-state index contributed by atoms with van der Waals surface area (Å²) in [4.78, 5) is 32.7. The molecule has 0 bridgehead atoms. The summed E-state index contributed by atoms with van der Waals surface area (Å²) >= 11 is 0. The lowest BCUT2D eigenvalue weighted by Crippen LogP contribution is -2.53. The summed E-state index contributed by atoms with van der Waals surface area (Å²) in [6.45, 7) is 8.41. The number of carbonyl (C=O) groups is 2. The lowest BCUT2D eigenvalue weighted by atomic mass is 9.86. The molecular weight excluding hydrogens is 354 g/mol. The fourth-order valence-corrected chi connectivity index (χ4v) is 4.09. The Hall–Kier alpha value is -2.15. The first-order chi connectivity index (χ1) is 13.2. The second kappa shape index (κ2) is 8.07. The van der Waals surface area contributed by atoms with Crippen molar-refractivity contribution in [3.8, 4) is 0 Å². The van der Waals surface area contributed by atoms with Crippen LogP contribution in [0, 0.1) is 5.41 Å². The maximum atomic E-state index is 13.2. The number of fused-ring (bicyclic) bond motifs is 1. The molecule has 1 aromatic rings. The number of hydrogen-bond acceptors (Lipinski definition) is 4. The molecule has 2 aliphatic rings. The molecule has 0 radical (unpaired) electrons. The predicted octanol–water partition coefficient (Wildman–Crippen LogP) is 2.04. The summed E-state index contributed by atoms with van der Waals surface area (Å²) in [5, 5.41) is 5.61. The molecule has 0 spiro atoms. The number of nitrogens with one attached hydrogen (secondary N) is 2. The Kier molecular flexibility index (Phi) is 5.93. The number of rotatable bonds is 4. The van der Waals surface area contributed by atoms with Crippen LogP contribution in [0.15, 0.2) is 12.2 Å². The monoisotopic (exact) mass is 387 g/mol. The summed E-state index contributed by atoms with van der Waals surface area (Å²) in [7, 11) is 3.67. The van der Waals surface area contributed by atoms with Crippen molar-refractivity contribution in [2.45, 2.75) is 65.1 Å². The molecule has 2 heterocycles. The van der Waals surface area contributed by atoms with E-state index in [4.69, 9.17) is 4.98 Å². The lowest BCUT2D eigenvalue weighted by molar-refractivity contribution is -0.124. The van der Waals surface area contributed by atoms with E-state index in [2.05, 4.69) is 39.3 Å². The highest BCUT2D eigenvalue weighted by molar-refractivity contribution is 5.97. The van der Waals surface area contributed by atoms with Crippen molar-refractivity contribution in [1.82, 2.24) is 25.1 Å². The van der Waals surface area contributed by atoms with Crippen molar-refractivity contribution in [3.05, 3.63) is 29.4 Å². The minimum atomic E-state index is -0.623. The quantitative estimate of drug-likeness (QED) is 0.775. The summed E-state index contributed by atoms with van der Waals surface area (Å²) in [5.41, 5.74) is 1.03. The average Bonchev–Trinajstić information content (AvgIpc) is 3.22. The summed E-state index contributed by atoms with van der Waals surface area (Å²) < 4.78 is 2.25. The van der Waals surface area contributed by atoms with Crippen LogP contribution < -0.4 is 10.6 Å². The highest BCUT2D eigenvalue weighted by atomic mass is 16.2. The second-order valence-electron chi connectivity index (χ2n) is 9.03. The summed E-state index contributed by atoms with van der Waals surface area (Å²) in [6.07, 6.45) is 7.36. The van der Waals surface area contributed by atoms with Crippen molar-refractivity contribution >= 4 is 11.8 Å².